The fourth-order valence-electron chi connectivity index (χ4n) is 1.67. The van der Waals surface area contributed by atoms with Gasteiger partial charge in [0.15, 0.2) is 0 Å². The molecule has 0 aliphatic carbocycles. The zero-order valence-electron chi connectivity index (χ0n) is 9.87. The second-order valence-corrected chi connectivity index (χ2v) is 5.89. The summed E-state index contributed by atoms with van der Waals surface area (Å²) >= 11 is 3.37. The first-order chi connectivity index (χ1) is 8.78. The minimum atomic E-state index is -0.354. The van der Waals surface area contributed by atoms with Crippen LogP contribution in [-0.4, -0.2) is 12.1 Å². The van der Waals surface area contributed by atoms with Crippen LogP contribution >= 0.6 is 22.7 Å². The third-order valence-electron chi connectivity index (χ3n) is 2.47. The molecule has 0 radical (unpaired) electrons. The maximum atomic E-state index is 11.3. The van der Waals surface area contributed by atoms with Gasteiger partial charge in [0.25, 0.3) is 0 Å². The van der Waals surface area contributed by atoms with Crippen molar-refractivity contribution in [2.75, 3.05) is 0 Å². The van der Waals surface area contributed by atoms with Gasteiger partial charge in [-0.2, -0.15) is 0 Å². The minimum Gasteiger partial charge on any atom is -0.458 e. The lowest BCUT2D eigenvalue weighted by atomic mass is 10.1. The van der Waals surface area contributed by atoms with Gasteiger partial charge in [0.2, 0.25) is 0 Å². The highest BCUT2D eigenvalue weighted by Crippen LogP contribution is 2.18. The maximum Gasteiger partial charge on any atom is 0.330 e. The van der Waals surface area contributed by atoms with Crippen LogP contribution < -0.4 is 0 Å². The van der Waals surface area contributed by atoms with Gasteiger partial charge in [-0.15, -0.1) is 22.7 Å². The molecular weight excluding hydrogens is 264 g/mol. The summed E-state index contributed by atoms with van der Waals surface area (Å²) in [6.45, 7) is 3.44. The Kier molecular flexibility index (Phi) is 4.73. The van der Waals surface area contributed by atoms with Gasteiger partial charge in [0.05, 0.1) is 0 Å². The van der Waals surface area contributed by atoms with Gasteiger partial charge < -0.3 is 4.74 Å². The van der Waals surface area contributed by atoms with E-state index < -0.39 is 0 Å². The van der Waals surface area contributed by atoms with E-state index in [0.717, 1.165) is 12.8 Å². The minimum absolute atomic E-state index is 0.118. The van der Waals surface area contributed by atoms with Crippen molar-refractivity contribution in [3.05, 3.63) is 57.4 Å². The molecule has 2 rings (SSSR count). The van der Waals surface area contributed by atoms with Crippen LogP contribution in [0.25, 0.3) is 0 Å². The summed E-state index contributed by atoms with van der Waals surface area (Å²) in [6.07, 6.45) is 2.62. The number of hydrogen-bond donors (Lipinski definition) is 0. The number of rotatable bonds is 6. The molecule has 4 heteroatoms. The molecule has 0 saturated heterocycles. The fraction of sp³-hybridized carbons (Fsp3) is 0.214. The number of hydrogen-bond acceptors (Lipinski definition) is 4. The van der Waals surface area contributed by atoms with E-state index in [1.807, 2.05) is 22.9 Å². The standard InChI is InChI=1S/C14H14O2S2/c1-2-14(15)16-11(9-12-5-3-7-17-12)10-13-6-4-8-18-13/h2-8,11H,1,9-10H2. The van der Waals surface area contributed by atoms with Crippen molar-refractivity contribution in [1.29, 1.82) is 0 Å². The van der Waals surface area contributed by atoms with Crippen molar-refractivity contribution in [1.82, 2.24) is 0 Å². The van der Waals surface area contributed by atoms with Gasteiger partial charge in [-0.1, -0.05) is 18.7 Å². The average molecular weight is 278 g/mol. The van der Waals surface area contributed by atoms with Crippen molar-refractivity contribution in [3.8, 4) is 0 Å². The summed E-state index contributed by atoms with van der Waals surface area (Å²) in [7, 11) is 0. The SMILES string of the molecule is C=CC(=O)OC(Cc1cccs1)Cc1cccs1. The number of esters is 1. The lowest BCUT2D eigenvalue weighted by Gasteiger charge is -2.15. The topological polar surface area (TPSA) is 26.3 Å². The molecule has 2 aromatic heterocycles. The molecule has 0 N–H and O–H groups in total. The lowest BCUT2D eigenvalue weighted by molar-refractivity contribution is -0.142. The molecule has 2 aromatic rings. The fourth-order valence-corrected chi connectivity index (χ4v) is 3.22. The summed E-state index contributed by atoms with van der Waals surface area (Å²) < 4.78 is 5.40. The molecule has 0 aliphatic heterocycles. The van der Waals surface area contributed by atoms with Crippen molar-refractivity contribution < 1.29 is 9.53 Å². The molecule has 94 valence electrons. The van der Waals surface area contributed by atoms with E-state index in [1.165, 1.54) is 15.8 Å². The summed E-state index contributed by atoms with van der Waals surface area (Å²) in [4.78, 5) is 13.8. The Morgan fingerprint density at radius 2 is 1.78 bits per heavy atom. The molecule has 18 heavy (non-hydrogen) atoms. The third-order valence-corrected chi connectivity index (χ3v) is 4.26. The predicted molar refractivity (Wildman–Crippen MR) is 76.1 cm³/mol. The molecule has 0 fully saturated rings. The maximum absolute atomic E-state index is 11.3. The molecule has 0 saturated carbocycles. The van der Waals surface area contributed by atoms with Gasteiger partial charge in [-0.05, 0) is 22.9 Å². The van der Waals surface area contributed by atoms with E-state index in [0.29, 0.717) is 0 Å². The van der Waals surface area contributed by atoms with Crippen LogP contribution in [0.15, 0.2) is 47.7 Å². The number of carbonyl (C=O) groups excluding carboxylic acids is 1. The van der Waals surface area contributed by atoms with E-state index in [-0.39, 0.29) is 12.1 Å². The van der Waals surface area contributed by atoms with Gasteiger partial charge in [-0.3, -0.25) is 0 Å². The molecule has 0 aromatic carbocycles. The second kappa shape index (κ2) is 6.52. The highest BCUT2D eigenvalue weighted by atomic mass is 32.1. The molecule has 0 unspecified atom stereocenters. The van der Waals surface area contributed by atoms with Gasteiger partial charge >= 0.3 is 5.97 Å². The molecule has 0 spiro atoms. The highest BCUT2D eigenvalue weighted by molar-refractivity contribution is 7.10. The van der Waals surface area contributed by atoms with Crippen molar-refractivity contribution >= 4 is 28.6 Å². The van der Waals surface area contributed by atoms with Crippen molar-refractivity contribution in [2.45, 2.75) is 18.9 Å². The Hall–Kier alpha value is -1.39. The molecule has 0 aliphatic rings. The highest BCUT2D eigenvalue weighted by Gasteiger charge is 2.15. The van der Waals surface area contributed by atoms with Crippen LogP contribution in [0.4, 0.5) is 0 Å². The zero-order chi connectivity index (χ0) is 12.8. The van der Waals surface area contributed by atoms with Crippen LogP contribution in [0.3, 0.4) is 0 Å². The van der Waals surface area contributed by atoms with E-state index in [1.54, 1.807) is 22.7 Å². The molecular formula is C14H14O2S2. The first-order valence-corrected chi connectivity index (χ1v) is 7.41. The lowest BCUT2D eigenvalue weighted by Crippen LogP contribution is -2.21. The van der Waals surface area contributed by atoms with Crippen LogP contribution in [0.1, 0.15) is 9.75 Å². The van der Waals surface area contributed by atoms with E-state index in [9.17, 15) is 4.79 Å². The van der Waals surface area contributed by atoms with Crippen molar-refractivity contribution in [3.63, 3.8) is 0 Å². The third kappa shape index (κ3) is 3.82. The van der Waals surface area contributed by atoms with Crippen LogP contribution in [0.2, 0.25) is 0 Å². The Labute approximate surface area is 115 Å². The molecule has 0 atom stereocenters. The van der Waals surface area contributed by atoms with Gasteiger partial charge in [0, 0.05) is 28.7 Å². The zero-order valence-corrected chi connectivity index (χ0v) is 11.5. The van der Waals surface area contributed by atoms with Crippen LogP contribution in [-0.2, 0) is 22.4 Å². The first kappa shape index (κ1) is 13.1. The quantitative estimate of drug-likeness (QED) is 0.595. The van der Waals surface area contributed by atoms with Crippen LogP contribution in [0, 0.1) is 0 Å². The summed E-state index contributed by atoms with van der Waals surface area (Å²) in [5, 5.41) is 4.07. The Bertz CT molecular complexity index is 450. The molecule has 0 amide bonds. The molecule has 2 nitrogen and oxygen atoms in total. The second-order valence-electron chi connectivity index (χ2n) is 3.83. The number of ether oxygens (including phenoxy) is 1. The Balaban J connectivity index is 2.02. The smallest absolute Gasteiger partial charge is 0.330 e. The average Bonchev–Trinajstić information content (AvgIpc) is 3.02. The summed E-state index contributed by atoms with van der Waals surface area (Å²) in [5.74, 6) is -0.354. The monoisotopic (exact) mass is 278 g/mol. The Morgan fingerprint density at radius 3 is 2.17 bits per heavy atom. The Morgan fingerprint density at radius 1 is 1.22 bits per heavy atom. The summed E-state index contributed by atoms with van der Waals surface area (Å²) in [6, 6.07) is 8.15. The van der Waals surface area contributed by atoms with E-state index in [4.69, 9.17) is 4.74 Å². The van der Waals surface area contributed by atoms with Gasteiger partial charge in [0.1, 0.15) is 6.10 Å². The number of carbonyl (C=O) groups is 1. The largest absolute Gasteiger partial charge is 0.458 e. The predicted octanol–water partition coefficient (Wildman–Crippen LogP) is 3.69. The number of thiophene rings is 2. The van der Waals surface area contributed by atoms with Gasteiger partial charge in [-0.25, -0.2) is 4.79 Å². The molecule has 0 bridgehead atoms. The van der Waals surface area contributed by atoms with E-state index >= 15 is 0 Å². The van der Waals surface area contributed by atoms with Crippen molar-refractivity contribution in [2.24, 2.45) is 0 Å². The van der Waals surface area contributed by atoms with E-state index in [2.05, 4.69) is 18.7 Å². The normalized spacial score (nSPS) is 10.5. The van der Waals surface area contributed by atoms with Crippen LogP contribution in [0.5, 0.6) is 0 Å². The molecule has 2 heterocycles. The summed E-state index contributed by atoms with van der Waals surface area (Å²) in [5.41, 5.74) is 0. The first-order valence-electron chi connectivity index (χ1n) is 5.65.